The highest BCUT2D eigenvalue weighted by molar-refractivity contribution is 5.78. The number of carbonyl (C=O) groups is 1. The van der Waals surface area contributed by atoms with Crippen molar-refractivity contribution in [1.82, 2.24) is 19.4 Å². The van der Waals surface area contributed by atoms with Crippen LogP contribution >= 0.6 is 0 Å². The number of pyridine rings is 1. The number of hydrogen-bond acceptors (Lipinski definition) is 4. The van der Waals surface area contributed by atoms with Crippen LogP contribution in [0.3, 0.4) is 0 Å². The van der Waals surface area contributed by atoms with Crippen molar-refractivity contribution in [2.24, 2.45) is 0 Å². The quantitative estimate of drug-likeness (QED) is 0.725. The number of imidazole rings is 1. The van der Waals surface area contributed by atoms with Crippen LogP contribution in [0.4, 0.5) is 0 Å². The van der Waals surface area contributed by atoms with Crippen molar-refractivity contribution in [3.8, 4) is 0 Å². The number of amides is 1. The highest BCUT2D eigenvalue weighted by Gasteiger charge is 2.15. The summed E-state index contributed by atoms with van der Waals surface area (Å²) in [7, 11) is 1.77. The Labute approximate surface area is 134 Å². The fourth-order valence-electron chi connectivity index (χ4n) is 2.54. The fraction of sp³-hybridized carbons (Fsp3) is 0.353. The topological polar surface area (TPSA) is 63.6 Å². The van der Waals surface area contributed by atoms with Gasteiger partial charge in [-0.1, -0.05) is 18.1 Å². The lowest BCUT2D eigenvalue weighted by Crippen LogP contribution is -2.28. The van der Waals surface area contributed by atoms with Crippen LogP contribution in [0, 0.1) is 6.92 Å². The van der Waals surface area contributed by atoms with Gasteiger partial charge in [-0.2, -0.15) is 0 Å². The molecule has 6 heteroatoms. The molecule has 0 fully saturated rings. The lowest BCUT2D eigenvalue weighted by molar-refractivity contribution is -0.130. The maximum Gasteiger partial charge on any atom is 0.228 e. The van der Waals surface area contributed by atoms with Crippen LogP contribution in [0.15, 0.2) is 35.1 Å². The van der Waals surface area contributed by atoms with E-state index in [1.807, 2.05) is 42.6 Å². The van der Waals surface area contributed by atoms with Crippen LogP contribution in [-0.2, 0) is 24.2 Å². The molecule has 0 saturated carbocycles. The van der Waals surface area contributed by atoms with Crippen molar-refractivity contribution < 1.29 is 9.32 Å². The summed E-state index contributed by atoms with van der Waals surface area (Å²) in [6.45, 7) is 4.44. The molecule has 0 spiro atoms. The Bertz CT molecular complexity index is 834. The van der Waals surface area contributed by atoms with Gasteiger partial charge in [-0.3, -0.25) is 4.79 Å². The van der Waals surface area contributed by atoms with Crippen molar-refractivity contribution >= 4 is 11.6 Å². The lowest BCUT2D eigenvalue weighted by atomic mass is 10.2. The van der Waals surface area contributed by atoms with Crippen molar-refractivity contribution in [3.05, 3.63) is 53.3 Å². The van der Waals surface area contributed by atoms with E-state index in [0.29, 0.717) is 18.7 Å². The van der Waals surface area contributed by atoms with Gasteiger partial charge in [0.25, 0.3) is 0 Å². The number of fused-ring (bicyclic) bond motifs is 1. The molecular formula is C17H20N4O2. The average molecular weight is 312 g/mol. The maximum absolute atomic E-state index is 12.4. The van der Waals surface area contributed by atoms with E-state index in [0.717, 1.165) is 29.0 Å². The highest BCUT2D eigenvalue weighted by atomic mass is 16.5. The monoisotopic (exact) mass is 312 g/mol. The molecule has 1 amide bonds. The highest BCUT2D eigenvalue weighted by Crippen LogP contribution is 2.13. The fourth-order valence-corrected chi connectivity index (χ4v) is 2.54. The summed E-state index contributed by atoms with van der Waals surface area (Å²) in [5.74, 6) is 0.717. The molecule has 6 nitrogen and oxygen atoms in total. The molecule has 0 aliphatic carbocycles. The molecule has 0 N–H and O–H groups in total. The van der Waals surface area contributed by atoms with Crippen LogP contribution in [0.25, 0.3) is 5.65 Å². The molecule has 0 saturated heterocycles. The number of likely N-dealkylation sites (N-methyl/N-ethyl adjacent to an activating group) is 1. The van der Waals surface area contributed by atoms with E-state index in [4.69, 9.17) is 4.52 Å². The summed E-state index contributed by atoms with van der Waals surface area (Å²) in [4.78, 5) is 18.5. The molecule has 23 heavy (non-hydrogen) atoms. The van der Waals surface area contributed by atoms with Gasteiger partial charge in [0.1, 0.15) is 5.65 Å². The molecule has 0 aromatic carbocycles. The summed E-state index contributed by atoms with van der Waals surface area (Å²) >= 11 is 0. The van der Waals surface area contributed by atoms with E-state index in [-0.39, 0.29) is 5.91 Å². The summed E-state index contributed by atoms with van der Waals surface area (Å²) in [6, 6.07) is 5.86. The minimum Gasteiger partial charge on any atom is -0.359 e. The first-order valence-electron chi connectivity index (χ1n) is 7.68. The van der Waals surface area contributed by atoms with Gasteiger partial charge in [0.15, 0.2) is 5.76 Å². The van der Waals surface area contributed by atoms with E-state index in [1.54, 1.807) is 18.1 Å². The number of aromatic nitrogens is 3. The van der Waals surface area contributed by atoms with Gasteiger partial charge in [-0.05, 0) is 25.0 Å². The zero-order valence-electron chi connectivity index (χ0n) is 13.6. The Morgan fingerprint density at radius 3 is 3.00 bits per heavy atom. The van der Waals surface area contributed by atoms with E-state index < -0.39 is 0 Å². The number of rotatable bonds is 5. The molecule has 3 aromatic rings. The molecule has 3 heterocycles. The first-order valence-corrected chi connectivity index (χ1v) is 7.68. The van der Waals surface area contributed by atoms with E-state index in [2.05, 4.69) is 10.1 Å². The summed E-state index contributed by atoms with van der Waals surface area (Å²) in [5.41, 5.74) is 3.76. The largest absolute Gasteiger partial charge is 0.359 e. The Morgan fingerprint density at radius 1 is 1.43 bits per heavy atom. The molecule has 3 aromatic heterocycles. The molecule has 0 atom stereocenters. The van der Waals surface area contributed by atoms with E-state index in [9.17, 15) is 4.79 Å². The third-order valence-electron chi connectivity index (χ3n) is 3.93. The van der Waals surface area contributed by atoms with Crippen LogP contribution in [0.2, 0.25) is 0 Å². The molecule has 0 aliphatic rings. The van der Waals surface area contributed by atoms with Gasteiger partial charge in [-0.15, -0.1) is 0 Å². The predicted molar refractivity (Wildman–Crippen MR) is 86.0 cm³/mol. The van der Waals surface area contributed by atoms with Crippen molar-refractivity contribution in [2.45, 2.75) is 33.2 Å². The SMILES string of the molecule is CCc1cc(CN(C)C(=O)Cc2cnc3c(C)cccn23)on1. The average Bonchev–Trinajstić information content (AvgIpc) is 3.15. The maximum atomic E-state index is 12.4. The van der Waals surface area contributed by atoms with E-state index >= 15 is 0 Å². The Kier molecular flexibility index (Phi) is 4.14. The molecule has 0 aliphatic heterocycles. The van der Waals surface area contributed by atoms with Crippen LogP contribution in [0.1, 0.15) is 29.6 Å². The first-order chi connectivity index (χ1) is 11.1. The first kappa shape index (κ1) is 15.3. The smallest absolute Gasteiger partial charge is 0.228 e. The van der Waals surface area contributed by atoms with E-state index in [1.165, 1.54) is 0 Å². The van der Waals surface area contributed by atoms with Gasteiger partial charge in [0.05, 0.1) is 24.4 Å². The summed E-state index contributed by atoms with van der Waals surface area (Å²) in [5, 5.41) is 3.95. The number of nitrogens with zero attached hydrogens (tertiary/aromatic N) is 4. The lowest BCUT2D eigenvalue weighted by Gasteiger charge is -2.15. The summed E-state index contributed by atoms with van der Waals surface area (Å²) in [6.07, 6.45) is 4.82. The second kappa shape index (κ2) is 6.24. The van der Waals surface area contributed by atoms with Gasteiger partial charge in [-0.25, -0.2) is 4.98 Å². The van der Waals surface area contributed by atoms with Gasteiger partial charge >= 0.3 is 0 Å². The zero-order valence-corrected chi connectivity index (χ0v) is 13.6. The number of hydrogen-bond donors (Lipinski definition) is 0. The minimum atomic E-state index is 0.0164. The molecule has 3 rings (SSSR count). The standard InChI is InChI=1S/C17H20N4O2/c1-4-13-8-15(23-19-13)11-20(3)16(22)9-14-10-18-17-12(2)6-5-7-21(14)17/h5-8,10H,4,9,11H2,1-3H3. The van der Waals surface area contributed by atoms with Crippen LogP contribution in [0.5, 0.6) is 0 Å². The molecule has 0 radical (unpaired) electrons. The minimum absolute atomic E-state index is 0.0164. The predicted octanol–water partition coefficient (Wildman–Crippen LogP) is 2.39. The number of aryl methyl sites for hydroxylation is 2. The zero-order chi connectivity index (χ0) is 16.4. The Morgan fingerprint density at radius 2 is 2.26 bits per heavy atom. The summed E-state index contributed by atoms with van der Waals surface area (Å²) < 4.78 is 7.20. The Balaban J connectivity index is 1.71. The normalized spacial score (nSPS) is 11.1. The van der Waals surface area contributed by atoms with Crippen LogP contribution in [-0.4, -0.2) is 32.4 Å². The van der Waals surface area contributed by atoms with Gasteiger partial charge < -0.3 is 13.8 Å². The number of carbonyl (C=O) groups excluding carboxylic acids is 1. The van der Waals surface area contributed by atoms with Gasteiger partial charge in [0.2, 0.25) is 5.91 Å². The second-order valence-corrected chi connectivity index (χ2v) is 5.70. The van der Waals surface area contributed by atoms with Crippen LogP contribution < -0.4 is 0 Å². The molecule has 120 valence electrons. The van der Waals surface area contributed by atoms with Crippen molar-refractivity contribution in [1.29, 1.82) is 0 Å². The molecule has 0 unspecified atom stereocenters. The second-order valence-electron chi connectivity index (χ2n) is 5.70. The third-order valence-corrected chi connectivity index (χ3v) is 3.93. The Hall–Kier alpha value is -2.63. The van der Waals surface area contributed by atoms with Gasteiger partial charge in [0, 0.05) is 25.5 Å². The molecule has 0 bridgehead atoms. The van der Waals surface area contributed by atoms with Crippen molar-refractivity contribution in [3.63, 3.8) is 0 Å². The third kappa shape index (κ3) is 3.11. The van der Waals surface area contributed by atoms with Crippen molar-refractivity contribution in [2.75, 3.05) is 7.05 Å². The molecular weight excluding hydrogens is 292 g/mol.